The van der Waals surface area contributed by atoms with Crippen molar-refractivity contribution in [1.29, 1.82) is 0 Å². The van der Waals surface area contributed by atoms with Crippen molar-refractivity contribution in [3.63, 3.8) is 0 Å². The van der Waals surface area contributed by atoms with Gasteiger partial charge in [0.15, 0.2) is 0 Å². The maximum atomic E-state index is 13.7. The molecular formula is C31H35F6N5. The number of alkyl halides is 6. The number of nitrogens with zero attached hydrogens (tertiary/aromatic N) is 2. The van der Waals surface area contributed by atoms with Gasteiger partial charge in [0.2, 0.25) is 0 Å². The number of aliphatic imine (C=N–C) groups is 1. The number of halogens is 6. The minimum atomic E-state index is -4.57. The van der Waals surface area contributed by atoms with Gasteiger partial charge in [-0.3, -0.25) is 4.98 Å². The topological polar surface area (TPSA) is 61.3 Å². The van der Waals surface area contributed by atoms with E-state index in [9.17, 15) is 26.3 Å². The Morgan fingerprint density at radius 1 is 0.881 bits per heavy atom. The Morgan fingerprint density at radius 3 is 2.26 bits per heavy atom. The van der Waals surface area contributed by atoms with Crippen LogP contribution in [0.5, 0.6) is 0 Å². The smallest absolute Gasteiger partial charge is 0.363 e. The normalized spacial score (nSPS) is 17.3. The number of hydrogen-bond donors (Lipinski definition) is 3. The van der Waals surface area contributed by atoms with Gasteiger partial charge in [0.1, 0.15) is 12.0 Å². The molecule has 5 nitrogen and oxygen atoms in total. The molecule has 3 N–H and O–H groups in total. The minimum Gasteiger partial charge on any atom is -0.363 e. The van der Waals surface area contributed by atoms with E-state index in [4.69, 9.17) is 4.99 Å². The fraction of sp³-hybridized carbons (Fsp3) is 0.419. The summed E-state index contributed by atoms with van der Waals surface area (Å²) in [4.78, 5) is 8.77. The monoisotopic (exact) mass is 591 g/mol. The Labute approximate surface area is 241 Å². The highest BCUT2D eigenvalue weighted by atomic mass is 19.4. The predicted molar refractivity (Wildman–Crippen MR) is 155 cm³/mol. The Bertz CT molecular complexity index is 1350. The number of hydrogen-bond acceptors (Lipinski definition) is 5. The summed E-state index contributed by atoms with van der Waals surface area (Å²) in [5.74, 6) is 0.416. The Morgan fingerprint density at radius 2 is 1.60 bits per heavy atom. The van der Waals surface area contributed by atoms with Crippen LogP contribution in [-0.2, 0) is 12.4 Å². The zero-order valence-electron chi connectivity index (χ0n) is 23.5. The van der Waals surface area contributed by atoms with E-state index in [0.29, 0.717) is 41.8 Å². The summed E-state index contributed by atoms with van der Waals surface area (Å²) in [6, 6.07) is 12.1. The molecule has 1 aliphatic heterocycles. The highest BCUT2D eigenvalue weighted by Crippen LogP contribution is 2.38. The number of benzene rings is 2. The first kappa shape index (κ1) is 31.3. The van der Waals surface area contributed by atoms with Gasteiger partial charge in [-0.05, 0) is 67.9 Å². The van der Waals surface area contributed by atoms with E-state index in [-0.39, 0.29) is 11.3 Å². The lowest BCUT2D eigenvalue weighted by molar-refractivity contribution is -0.138. The first-order chi connectivity index (χ1) is 20.1. The molecule has 5 rings (SSSR count). The van der Waals surface area contributed by atoms with E-state index < -0.39 is 29.6 Å². The van der Waals surface area contributed by atoms with Crippen molar-refractivity contribution in [3.8, 4) is 11.3 Å². The van der Waals surface area contributed by atoms with Gasteiger partial charge in [-0.15, -0.1) is 0 Å². The molecule has 2 aliphatic rings. The molecule has 1 fully saturated rings. The van der Waals surface area contributed by atoms with Gasteiger partial charge < -0.3 is 16.0 Å². The van der Waals surface area contributed by atoms with Gasteiger partial charge >= 0.3 is 12.4 Å². The standard InChI is InChI=1S/C29H29F6N5.C2H6/c30-28(31,32)19-9-11-21(12-10-19)38-27-22-13-8-18(26-23(29(33,34)35)7-4-15-37-26)17-24(22)39-25(40-27)14-16-36-20-5-2-1-3-6-20;1-2/h4,7-13,15,17,20,25,36,39H,1-3,5-6,14,16H2,(H,38,40);1-2H3. The largest absolute Gasteiger partial charge is 0.418 e. The quantitative estimate of drug-likeness (QED) is 0.251. The van der Waals surface area contributed by atoms with Crippen LogP contribution in [0.4, 0.5) is 37.7 Å². The fourth-order valence-corrected chi connectivity index (χ4v) is 5.17. The molecule has 0 amide bonds. The molecule has 42 heavy (non-hydrogen) atoms. The van der Waals surface area contributed by atoms with E-state index in [2.05, 4.69) is 20.9 Å². The number of amidine groups is 1. The molecule has 0 radical (unpaired) electrons. The molecule has 2 aromatic carbocycles. The molecular weight excluding hydrogens is 556 g/mol. The summed E-state index contributed by atoms with van der Waals surface area (Å²) in [5.41, 5.74) is 0.0531. The Balaban J connectivity index is 0.00000198. The number of fused-ring (bicyclic) bond motifs is 1. The maximum absolute atomic E-state index is 13.7. The molecule has 1 saturated carbocycles. The van der Waals surface area contributed by atoms with Crippen LogP contribution in [0, 0.1) is 0 Å². The highest BCUT2D eigenvalue weighted by Gasteiger charge is 2.35. The van der Waals surface area contributed by atoms with Crippen molar-refractivity contribution in [2.24, 2.45) is 4.99 Å². The molecule has 1 atom stereocenters. The van der Waals surface area contributed by atoms with Crippen molar-refractivity contribution in [2.75, 3.05) is 17.2 Å². The maximum Gasteiger partial charge on any atom is 0.418 e. The molecule has 2 heterocycles. The summed E-state index contributed by atoms with van der Waals surface area (Å²) >= 11 is 0. The van der Waals surface area contributed by atoms with Crippen LogP contribution in [0.3, 0.4) is 0 Å². The lowest BCUT2D eigenvalue weighted by atomic mass is 9.95. The van der Waals surface area contributed by atoms with Crippen molar-refractivity contribution in [2.45, 2.75) is 76.9 Å². The van der Waals surface area contributed by atoms with Crippen LogP contribution in [0.25, 0.3) is 11.3 Å². The van der Waals surface area contributed by atoms with Gasteiger partial charge in [-0.1, -0.05) is 39.2 Å². The van der Waals surface area contributed by atoms with Crippen molar-refractivity contribution in [3.05, 3.63) is 77.5 Å². The third kappa shape index (κ3) is 7.81. The average molecular weight is 592 g/mol. The SMILES string of the molecule is CC.FC(F)(F)c1ccc(NC2=NC(CCNC3CCCCC3)Nc3cc(-c4ncccc4C(F)(F)F)ccc32)cc1. The summed E-state index contributed by atoms with van der Waals surface area (Å²) < 4.78 is 80.1. The summed E-state index contributed by atoms with van der Waals surface area (Å²) in [6.07, 6.45) is -1.61. The van der Waals surface area contributed by atoms with E-state index >= 15 is 0 Å². The summed E-state index contributed by atoms with van der Waals surface area (Å²) in [7, 11) is 0. The highest BCUT2D eigenvalue weighted by molar-refractivity contribution is 6.13. The summed E-state index contributed by atoms with van der Waals surface area (Å²) in [5, 5.41) is 10.00. The van der Waals surface area contributed by atoms with Crippen LogP contribution in [0.1, 0.15) is 69.1 Å². The molecule has 0 saturated heterocycles. The van der Waals surface area contributed by atoms with Crippen LogP contribution in [0.15, 0.2) is 65.8 Å². The summed E-state index contributed by atoms with van der Waals surface area (Å²) in [6.45, 7) is 4.69. The number of nitrogens with one attached hydrogen (secondary N) is 3. The van der Waals surface area contributed by atoms with Crippen molar-refractivity contribution >= 4 is 17.2 Å². The minimum absolute atomic E-state index is 0.185. The van der Waals surface area contributed by atoms with E-state index in [0.717, 1.165) is 31.0 Å². The Kier molecular flexibility index (Phi) is 10.1. The van der Waals surface area contributed by atoms with Gasteiger partial charge in [0, 0.05) is 41.2 Å². The molecule has 226 valence electrons. The van der Waals surface area contributed by atoms with Crippen LogP contribution in [0.2, 0.25) is 0 Å². The lowest BCUT2D eigenvalue weighted by Gasteiger charge is -2.28. The lowest BCUT2D eigenvalue weighted by Crippen LogP contribution is -2.36. The van der Waals surface area contributed by atoms with Gasteiger partial charge in [-0.25, -0.2) is 4.99 Å². The van der Waals surface area contributed by atoms with Crippen molar-refractivity contribution in [1.82, 2.24) is 10.3 Å². The van der Waals surface area contributed by atoms with E-state index in [1.165, 1.54) is 49.7 Å². The second kappa shape index (κ2) is 13.6. The van der Waals surface area contributed by atoms with Gasteiger partial charge in [0.05, 0.1) is 16.8 Å². The first-order valence-corrected chi connectivity index (χ1v) is 14.3. The molecule has 0 spiro atoms. The average Bonchev–Trinajstić information content (AvgIpc) is 2.98. The zero-order valence-corrected chi connectivity index (χ0v) is 23.5. The second-order valence-electron chi connectivity index (χ2n) is 10.1. The number of rotatable bonds is 6. The van der Waals surface area contributed by atoms with E-state index in [1.807, 2.05) is 13.8 Å². The van der Waals surface area contributed by atoms with Crippen molar-refractivity contribution < 1.29 is 26.3 Å². The van der Waals surface area contributed by atoms with E-state index in [1.54, 1.807) is 12.1 Å². The first-order valence-electron chi connectivity index (χ1n) is 14.3. The molecule has 3 aromatic rings. The third-order valence-corrected chi connectivity index (χ3v) is 7.20. The van der Waals surface area contributed by atoms with Gasteiger partial charge in [-0.2, -0.15) is 26.3 Å². The molecule has 1 unspecified atom stereocenters. The number of aromatic nitrogens is 1. The van der Waals surface area contributed by atoms with Crippen LogP contribution in [-0.4, -0.2) is 29.6 Å². The molecule has 1 aliphatic carbocycles. The van der Waals surface area contributed by atoms with Gasteiger partial charge in [0.25, 0.3) is 0 Å². The Hall–Kier alpha value is -3.60. The fourth-order valence-electron chi connectivity index (χ4n) is 5.17. The second-order valence-corrected chi connectivity index (χ2v) is 10.1. The predicted octanol–water partition coefficient (Wildman–Crippen LogP) is 8.74. The number of pyridine rings is 1. The zero-order chi connectivity index (χ0) is 30.3. The molecule has 0 bridgehead atoms. The van der Waals surface area contributed by atoms with Crippen LogP contribution >= 0.6 is 0 Å². The number of anilines is 2. The molecule has 11 heteroatoms. The molecule has 1 aromatic heterocycles. The van der Waals surface area contributed by atoms with Crippen LogP contribution < -0.4 is 16.0 Å². The third-order valence-electron chi connectivity index (χ3n) is 7.20.